The van der Waals surface area contributed by atoms with Crippen molar-refractivity contribution in [2.45, 2.75) is 160 Å². The molecule has 1 aliphatic carbocycles. The van der Waals surface area contributed by atoms with Gasteiger partial charge in [-0.05, 0) is 127 Å². The largest absolute Gasteiger partial charge is 0.497 e. The average Bonchev–Trinajstić information content (AvgIpc) is 1.28. The summed E-state index contributed by atoms with van der Waals surface area (Å²) in [6.45, 7) is 12.7. The van der Waals surface area contributed by atoms with Gasteiger partial charge in [-0.3, -0.25) is 23.5 Å². The van der Waals surface area contributed by atoms with Gasteiger partial charge in [-0.15, -0.1) is 0 Å². The third-order valence-electron chi connectivity index (χ3n) is 20.9. The molecule has 8 atom stereocenters. The summed E-state index contributed by atoms with van der Waals surface area (Å²) >= 11 is 0. The molecule has 6 aromatic carbocycles. The lowest BCUT2D eigenvalue weighted by atomic mass is 9.80. The lowest BCUT2D eigenvalue weighted by molar-refractivity contribution is -0.121. The van der Waals surface area contributed by atoms with Crippen molar-refractivity contribution < 1.29 is 70.2 Å². The number of imidazole rings is 2. The van der Waals surface area contributed by atoms with Crippen LogP contribution >= 0.6 is 17.1 Å². The van der Waals surface area contributed by atoms with Gasteiger partial charge in [0.1, 0.15) is 61.0 Å². The van der Waals surface area contributed by atoms with Crippen molar-refractivity contribution in [1.29, 1.82) is 10.5 Å². The first kappa shape index (κ1) is 86.0. The second-order valence-corrected chi connectivity index (χ2v) is 32.6. The van der Waals surface area contributed by atoms with Gasteiger partial charge in [-0.25, -0.2) is 39.4 Å². The molecule has 0 saturated carbocycles. The van der Waals surface area contributed by atoms with Crippen molar-refractivity contribution >= 4 is 74.9 Å². The highest BCUT2D eigenvalue weighted by atomic mass is 31.2. The number of ether oxygens (including phenoxy) is 6. The lowest BCUT2D eigenvalue weighted by Crippen LogP contribution is -2.38. The maximum Gasteiger partial charge on any atom is 0.409 e. The second-order valence-electron chi connectivity index (χ2n) is 30.0. The molecule has 2 fully saturated rings. The van der Waals surface area contributed by atoms with Crippen molar-refractivity contribution in [3.05, 3.63) is 216 Å². The Morgan fingerprint density at radius 1 is 0.597 bits per heavy atom. The summed E-state index contributed by atoms with van der Waals surface area (Å²) in [6, 6.07) is 52.6. The van der Waals surface area contributed by atoms with Crippen molar-refractivity contribution in [2.24, 2.45) is 5.92 Å². The lowest BCUT2D eigenvalue weighted by Gasteiger charge is -2.37. The van der Waals surface area contributed by atoms with Gasteiger partial charge in [0.05, 0.1) is 90.5 Å². The van der Waals surface area contributed by atoms with Crippen LogP contribution in [0.1, 0.15) is 155 Å². The Bertz CT molecular complexity index is 5070. The van der Waals surface area contributed by atoms with Crippen LogP contribution < -0.4 is 25.4 Å². The summed E-state index contributed by atoms with van der Waals surface area (Å²) in [7, 11) is 0.570. The van der Waals surface area contributed by atoms with Gasteiger partial charge < -0.3 is 71.9 Å². The minimum Gasteiger partial charge on any atom is -0.497 e. The second kappa shape index (κ2) is 40.8. The van der Waals surface area contributed by atoms with Gasteiger partial charge in [-0.2, -0.15) is 10.5 Å². The van der Waals surface area contributed by atoms with E-state index in [0.29, 0.717) is 53.7 Å². The van der Waals surface area contributed by atoms with Crippen molar-refractivity contribution in [2.75, 3.05) is 71.5 Å². The highest BCUT2D eigenvalue weighted by molar-refractivity contribution is 7.44. The van der Waals surface area contributed by atoms with Crippen LogP contribution in [0.3, 0.4) is 0 Å². The predicted molar refractivity (Wildman–Crippen MR) is 446 cm³/mol. The number of nitriles is 2. The first-order chi connectivity index (χ1) is 57.8. The van der Waals surface area contributed by atoms with Crippen LogP contribution in [-0.2, 0) is 63.3 Å². The SMILES string of the molecule is COc1ccc(C(OC[C@H]2O[C@@H](n3cnc4c(NC(=O)c5ccc(CNC(=O)CCC(C)C)cc5)ncnc43)C[C@@H]2OP(OCCC#N)OC[C@H]2O[C@@H](n3cnc4c(NC(=O)CCCN(C)C(=O)OCC5c6ccccc6-c6ccccc65)ncnc43)C[C@@H]2OP(OCCC#N)N(C(C)C)C(C)C)(c2ccccc2)c2ccc(OC)cc2)cc1. The Morgan fingerprint density at radius 3 is 1.70 bits per heavy atom. The molecule has 0 radical (unpaired) electrons. The maximum absolute atomic E-state index is 14.0. The van der Waals surface area contributed by atoms with Crippen LogP contribution in [-0.4, -0.2) is 170 Å². The minimum absolute atomic E-state index is 0.0221. The van der Waals surface area contributed by atoms with Crippen LogP contribution in [0.4, 0.5) is 16.4 Å². The number of anilines is 2. The molecule has 32 heteroatoms. The molecule has 4 aromatic heterocycles. The zero-order chi connectivity index (χ0) is 83.5. The number of methoxy groups -OCH3 is 2. The number of nitrogens with one attached hydrogen (secondary N) is 3. The molecule has 30 nitrogen and oxygen atoms in total. The van der Waals surface area contributed by atoms with E-state index in [-0.39, 0.29) is 124 Å². The van der Waals surface area contributed by atoms with Crippen LogP contribution in [0.15, 0.2) is 177 Å². The smallest absolute Gasteiger partial charge is 0.409 e. The fourth-order valence-corrected chi connectivity index (χ4v) is 17.8. The average molecular weight is 1660 g/mol. The molecule has 0 bridgehead atoms. The Kier molecular flexibility index (Phi) is 29.5. The summed E-state index contributed by atoms with van der Waals surface area (Å²) < 4.78 is 78.7. The molecule has 6 heterocycles. The first-order valence-corrected chi connectivity index (χ1v) is 42.1. The standard InChI is InChI=1S/C87H99N15O15P2/c1-56(2)27-40-75(103)90-48-59-28-30-60(31-29-59)85(105)98-82-80-84(94-53-92-82)101(55-96-80)78-47-72(73(114-78)50-110-87(61-20-11-10-12-21-61,62-32-36-64(107-8)37-33-62)63-34-38-65(108-9)39-35-63)117-119(112-45-19-42-89)113-51-74-71(116-118(111-44-18-41-88)102(57(3)4)58(5)6)46-77(115-74)100-54-95-79-81(91-52-93-83(79)100)97-76(104)26-17-43-99(7)86(106)109-49-70-68-24-15-13-22-66(68)67-23-14-16-25-69(67)70/h10-16,20-25,28-39,52-58,70-74,77-78H,17-19,26-27,40,43-51H2,1-9H3,(H,90,103)(H,91,93,97,104)(H,92,94,98,105)/t71-,72-,73+,74+,77+,78+,118?,119?/m0/s1. The van der Waals surface area contributed by atoms with Crippen LogP contribution in [0.25, 0.3) is 33.5 Å². The zero-order valence-electron chi connectivity index (χ0n) is 68.0. The summed E-state index contributed by atoms with van der Waals surface area (Å²) in [5.74, 6) is 1.03. The van der Waals surface area contributed by atoms with Crippen molar-refractivity contribution in [3.63, 3.8) is 0 Å². The zero-order valence-corrected chi connectivity index (χ0v) is 69.8. The summed E-state index contributed by atoms with van der Waals surface area (Å²) in [4.78, 5) is 83.0. The number of hydrogen-bond acceptors (Lipinski definition) is 24. The molecular weight excluding hydrogens is 1560 g/mol. The van der Waals surface area contributed by atoms with Crippen molar-refractivity contribution in [3.8, 4) is 34.8 Å². The molecule has 622 valence electrons. The van der Waals surface area contributed by atoms with Gasteiger partial charge in [-0.1, -0.05) is 129 Å². The van der Waals surface area contributed by atoms with E-state index in [1.165, 1.54) is 17.6 Å². The summed E-state index contributed by atoms with van der Waals surface area (Å²) in [5, 5.41) is 28.5. The predicted octanol–water partition coefficient (Wildman–Crippen LogP) is 15.4. The number of rotatable bonds is 40. The Morgan fingerprint density at radius 2 is 1.13 bits per heavy atom. The number of carbonyl (C=O) groups is 4. The van der Waals surface area contributed by atoms with Gasteiger partial charge in [0.15, 0.2) is 34.0 Å². The highest BCUT2D eigenvalue weighted by Crippen LogP contribution is 2.53. The van der Waals surface area contributed by atoms with Crippen LogP contribution in [0, 0.1) is 28.6 Å². The van der Waals surface area contributed by atoms with Gasteiger partial charge in [0, 0.05) is 69.4 Å². The normalized spacial score (nSPS) is 17.6. The van der Waals surface area contributed by atoms with E-state index in [4.69, 9.17) is 66.0 Å². The Hall–Kier alpha value is -10.8. The van der Waals surface area contributed by atoms with E-state index in [9.17, 15) is 29.7 Å². The van der Waals surface area contributed by atoms with E-state index in [0.717, 1.165) is 50.9 Å². The fraction of sp³-hybridized carbons (Fsp3) is 0.402. The summed E-state index contributed by atoms with van der Waals surface area (Å²) in [5.41, 5.74) is 7.88. The topological polar surface area (TPSA) is 347 Å². The molecule has 10 aromatic rings. The van der Waals surface area contributed by atoms with Gasteiger partial charge in [0.25, 0.3) is 14.4 Å². The molecule has 13 rings (SSSR count). The number of fused-ring (bicyclic) bond motifs is 5. The number of benzene rings is 6. The molecule has 3 aliphatic rings. The maximum atomic E-state index is 14.0. The highest BCUT2D eigenvalue weighted by Gasteiger charge is 2.47. The third-order valence-corrected chi connectivity index (χ3v) is 24.2. The molecule has 0 spiro atoms. The number of aromatic nitrogens is 8. The van der Waals surface area contributed by atoms with E-state index in [1.807, 2.05) is 131 Å². The molecule has 2 unspecified atom stereocenters. The molecule has 4 amide bonds. The quantitative estimate of drug-likeness (QED) is 0.0182. The van der Waals surface area contributed by atoms with Crippen LogP contribution in [0.2, 0.25) is 0 Å². The molecular formula is C87H99N15O15P2. The van der Waals surface area contributed by atoms with Crippen molar-refractivity contribution in [1.82, 2.24) is 53.9 Å². The molecule has 119 heavy (non-hydrogen) atoms. The monoisotopic (exact) mass is 1660 g/mol. The van der Waals surface area contributed by atoms with E-state index in [1.54, 1.807) is 67.3 Å². The van der Waals surface area contributed by atoms with Gasteiger partial charge >= 0.3 is 14.7 Å². The van der Waals surface area contributed by atoms with E-state index < -0.39 is 71.6 Å². The van der Waals surface area contributed by atoms with Crippen LogP contribution in [0.5, 0.6) is 11.5 Å². The Labute approximate surface area is 694 Å². The molecule has 2 aliphatic heterocycles. The molecule has 2 saturated heterocycles. The minimum atomic E-state index is -2.43. The summed E-state index contributed by atoms with van der Waals surface area (Å²) in [6.07, 6.45) is 2.13. The number of amides is 4. The molecule has 3 N–H and O–H groups in total. The van der Waals surface area contributed by atoms with Gasteiger partial charge in [0.2, 0.25) is 11.8 Å². The number of hydrogen-bond donors (Lipinski definition) is 3. The fourth-order valence-electron chi connectivity index (χ4n) is 14.9. The third kappa shape index (κ3) is 20.7. The van der Waals surface area contributed by atoms with E-state index in [2.05, 4.69) is 85.8 Å². The van der Waals surface area contributed by atoms with E-state index >= 15 is 0 Å². The number of carbonyl (C=O) groups excluding carboxylic acids is 4. The number of nitrogens with zero attached hydrogens (tertiary/aromatic N) is 12. The first-order valence-electron chi connectivity index (χ1n) is 39.9. The Balaban J connectivity index is 0.762.